The topological polar surface area (TPSA) is 26.0 Å². The van der Waals surface area contributed by atoms with Crippen molar-refractivity contribution >= 4 is 31.9 Å². The highest BCUT2D eigenvalue weighted by molar-refractivity contribution is 9.10. The van der Waals surface area contributed by atoms with Gasteiger partial charge in [-0.2, -0.15) is 0 Å². The van der Waals surface area contributed by atoms with Crippen molar-refractivity contribution in [3.63, 3.8) is 0 Å². The van der Waals surface area contributed by atoms with Crippen LogP contribution in [0.5, 0.6) is 0 Å². The molecule has 2 rings (SSSR count). The number of halogens is 5. The summed E-state index contributed by atoms with van der Waals surface area (Å²) in [7, 11) is 0. The molecule has 0 aromatic heterocycles. The molecule has 0 aliphatic carbocycles. The molecule has 1 atom stereocenters. The zero-order chi connectivity index (χ0) is 14.2. The molecule has 0 spiro atoms. The van der Waals surface area contributed by atoms with Crippen molar-refractivity contribution in [1.82, 2.24) is 0 Å². The van der Waals surface area contributed by atoms with Crippen molar-refractivity contribution in [2.75, 3.05) is 0 Å². The Kier molecular flexibility index (Phi) is 4.32. The predicted molar refractivity (Wildman–Crippen MR) is 74.2 cm³/mol. The first-order valence-corrected chi connectivity index (χ1v) is 6.85. The lowest BCUT2D eigenvalue weighted by Crippen LogP contribution is -2.17. The highest BCUT2D eigenvalue weighted by atomic mass is 79.9. The van der Waals surface area contributed by atoms with Crippen LogP contribution in [0.1, 0.15) is 17.2 Å². The monoisotopic (exact) mass is 393 g/mol. The van der Waals surface area contributed by atoms with Gasteiger partial charge in [-0.15, -0.1) is 0 Å². The molecule has 2 N–H and O–H groups in total. The quantitative estimate of drug-likeness (QED) is 0.735. The smallest absolute Gasteiger partial charge is 0.145 e. The molecule has 0 aliphatic rings. The van der Waals surface area contributed by atoms with Gasteiger partial charge in [-0.1, -0.05) is 12.1 Å². The molecule has 0 saturated heterocycles. The zero-order valence-corrected chi connectivity index (χ0v) is 12.6. The van der Waals surface area contributed by atoms with Gasteiger partial charge in [0.1, 0.15) is 17.5 Å². The van der Waals surface area contributed by atoms with Gasteiger partial charge in [-0.05, 0) is 50.1 Å². The fraction of sp³-hybridized carbons (Fsp3) is 0.0769. The fourth-order valence-corrected chi connectivity index (χ4v) is 2.47. The van der Waals surface area contributed by atoms with Gasteiger partial charge < -0.3 is 5.73 Å². The molecule has 0 saturated carbocycles. The van der Waals surface area contributed by atoms with E-state index in [-0.39, 0.29) is 20.1 Å². The number of hydrogen-bond donors (Lipinski definition) is 1. The van der Waals surface area contributed by atoms with Crippen LogP contribution in [0.3, 0.4) is 0 Å². The molecule has 2 aromatic rings. The Bertz CT molecular complexity index is 632. The molecule has 2 aromatic carbocycles. The Morgan fingerprint density at radius 2 is 1.53 bits per heavy atom. The van der Waals surface area contributed by atoms with Crippen LogP contribution >= 0.6 is 31.9 Å². The number of hydrogen-bond acceptors (Lipinski definition) is 1. The first-order valence-electron chi connectivity index (χ1n) is 5.26. The van der Waals surface area contributed by atoms with Crippen molar-refractivity contribution < 1.29 is 13.2 Å². The van der Waals surface area contributed by atoms with Gasteiger partial charge in [0.05, 0.1) is 15.0 Å². The normalized spacial score (nSPS) is 12.5. The molecule has 0 fully saturated rings. The lowest BCUT2D eigenvalue weighted by Gasteiger charge is -2.16. The van der Waals surface area contributed by atoms with Crippen LogP contribution in [-0.4, -0.2) is 0 Å². The average Bonchev–Trinajstić information content (AvgIpc) is 2.37. The van der Waals surface area contributed by atoms with Crippen molar-refractivity contribution in [2.45, 2.75) is 6.04 Å². The molecule has 1 nitrogen and oxygen atoms in total. The third-order valence-electron chi connectivity index (χ3n) is 2.71. The van der Waals surface area contributed by atoms with E-state index in [2.05, 4.69) is 31.9 Å². The van der Waals surface area contributed by atoms with E-state index >= 15 is 0 Å². The van der Waals surface area contributed by atoms with Crippen LogP contribution < -0.4 is 5.73 Å². The van der Waals surface area contributed by atoms with E-state index in [1.165, 1.54) is 18.2 Å². The summed E-state index contributed by atoms with van der Waals surface area (Å²) in [4.78, 5) is 0. The maximum atomic E-state index is 13.9. The third kappa shape index (κ3) is 2.70. The van der Waals surface area contributed by atoms with Gasteiger partial charge in [0.15, 0.2) is 0 Å². The van der Waals surface area contributed by atoms with E-state index in [9.17, 15) is 13.2 Å². The van der Waals surface area contributed by atoms with Gasteiger partial charge in [-0.3, -0.25) is 0 Å². The Morgan fingerprint density at radius 3 is 2.21 bits per heavy atom. The molecule has 1 unspecified atom stereocenters. The zero-order valence-electron chi connectivity index (χ0n) is 9.43. The van der Waals surface area contributed by atoms with Crippen molar-refractivity contribution in [3.05, 3.63) is 67.9 Å². The molecular formula is C13H8Br2F3N. The van der Waals surface area contributed by atoms with Gasteiger partial charge in [0.25, 0.3) is 0 Å². The highest BCUT2D eigenvalue weighted by Gasteiger charge is 2.23. The second-order valence-electron chi connectivity index (χ2n) is 3.88. The maximum Gasteiger partial charge on any atom is 0.145 e. The van der Waals surface area contributed by atoms with Crippen LogP contribution in [0.15, 0.2) is 39.3 Å². The lowest BCUT2D eigenvalue weighted by atomic mass is 9.98. The van der Waals surface area contributed by atoms with Crippen LogP contribution in [0.4, 0.5) is 13.2 Å². The first kappa shape index (κ1) is 14.6. The molecule has 19 heavy (non-hydrogen) atoms. The average molecular weight is 395 g/mol. The largest absolute Gasteiger partial charge is 0.320 e. The Labute approximate surface area is 124 Å². The van der Waals surface area contributed by atoms with Crippen LogP contribution in [0.2, 0.25) is 0 Å². The summed E-state index contributed by atoms with van der Waals surface area (Å²) in [5, 5.41) is 0. The summed E-state index contributed by atoms with van der Waals surface area (Å²) in [6, 6.07) is 5.52. The molecular weight excluding hydrogens is 387 g/mol. The van der Waals surface area contributed by atoms with Crippen molar-refractivity contribution in [2.24, 2.45) is 5.73 Å². The van der Waals surface area contributed by atoms with Crippen molar-refractivity contribution in [3.8, 4) is 0 Å². The van der Waals surface area contributed by atoms with Gasteiger partial charge in [-0.25, -0.2) is 13.2 Å². The summed E-state index contributed by atoms with van der Waals surface area (Å²) >= 11 is 5.96. The van der Waals surface area contributed by atoms with E-state index in [1.54, 1.807) is 6.07 Å². The lowest BCUT2D eigenvalue weighted by molar-refractivity contribution is 0.528. The van der Waals surface area contributed by atoms with Gasteiger partial charge in [0.2, 0.25) is 0 Å². The summed E-state index contributed by atoms with van der Waals surface area (Å²) in [6.45, 7) is 0. The van der Waals surface area contributed by atoms with Crippen LogP contribution in [0.25, 0.3) is 0 Å². The summed E-state index contributed by atoms with van der Waals surface area (Å²) in [5.41, 5.74) is 5.44. The van der Waals surface area contributed by atoms with Gasteiger partial charge >= 0.3 is 0 Å². The first-order chi connectivity index (χ1) is 8.93. The fourth-order valence-electron chi connectivity index (χ4n) is 1.74. The second-order valence-corrected chi connectivity index (χ2v) is 5.59. The van der Waals surface area contributed by atoms with Crippen LogP contribution in [-0.2, 0) is 0 Å². The summed E-state index contributed by atoms with van der Waals surface area (Å²) < 4.78 is 41.8. The van der Waals surface area contributed by atoms with Crippen molar-refractivity contribution in [1.29, 1.82) is 0 Å². The van der Waals surface area contributed by atoms with Crippen LogP contribution in [0, 0.1) is 17.5 Å². The molecule has 0 heterocycles. The van der Waals surface area contributed by atoms with Gasteiger partial charge in [0, 0.05) is 11.1 Å². The standard InChI is InChI=1S/C13H8Br2F3N/c14-7-3-1-2-6(11(7)17)13(19)10-9(16)5-4-8(15)12(10)18/h1-5,13H,19H2. The molecule has 0 amide bonds. The van der Waals surface area contributed by atoms with E-state index < -0.39 is 23.5 Å². The minimum atomic E-state index is -1.23. The third-order valence-corrected chi connectivity index (χ3v) is 3.93. The molecule has 6 heteroatoms. The Balaban J connectivity index is 2.59. The maximum absolute atomic E-state index is 13.9. The molecule has 0 radical (unpaired) electrons. The SMILES string of the molecule is NC(c1cccc(Br)c1F)c1c(F)ccc(Br)c1F. The Morgan fingerprint density at radius 1 is 0.895 bits per heavy atom. The highest BCUT2D eigenvalue weighted by Crippen LogP contribution is 2.32. The predicted octanol–water partition coefficient (Wildman–Crippen LogP) is 4.68. The summed E-state index contributed by atoms with van der Waals surface area (Å²) in [5.74, 6) is -2.27. The second kappa shape index (κ2) is 5.64. The van der Waals surface area contributed by atoms with E-state index in [0.29, 0.717) is 0 Å². The van der Waals surface area contributed by atoms with E-state index in [4.69, 9.17) is 5.73 Å². The van der Waals surface area contributed by atoms with E-state index in [0.717, 1.165) is 6.07 Å². The Hall–Kier alpha value is -0.850. The number of benzene rings is 2. The summed E-state index contributed by atoms with van der Waals surface area (Å²) in [6.07, 6.45) is 0. The number of nitrogens with two attached hydrogens (primary N) is 1. The molecule has 0 bridgehead atoms. The molecule has 100 valence electrons. The minimum Gasteiger partial charge on any atom is -0.320 e. The molecule has 0 aliphatic heterocycles. The van der Waals surface area contributed by atoms with E-state index in [1.807, 2.05) is 0 Å². The number of rotatable bonds is 2. The minimum absolute atomic E-state index is 0.0188.